The minimum atomic E-state index is -0.266. The first-order chi connectivity index (χ1) is 17.0. The van der Waals surface area contributed by atoms with Gasteiger partial charge < -0.3 is 18.9 Å². The summed E-state index contributed by atoms with van der Waals surface area (Å²) in [5.74, 6) is 0.276. The molecular formula is C26H24BrN3O5. The Morgan fingerprint density at radius 1 is 1.06 bits per heavy atom. The molecule has 1 heterocycles. The maximum atomic E-state index is 13.0. The quantitative estimate of drug-likeness (QED) is 0.232. The Bertz CT molecular complexity index is 1320. The largest absolute Gasteiger partial charge is 0.496 e. The molecule has 0 amide bonds. The van der Waals surface area contributed by atoms with Crippen molar-refractivity contribution < 1.29 is 23.7 Å². The number of ether oxygens (including phenoxy) is 4. The smallest absolute Gasteiger partial charge is 0.257 e. The molecule has 35 heavy (non-hydrogen) atoms. The molecule has 1 aromatic heterocycles. The molecule has 180 valence electrons. The minimum Gasteiger partial charge on any atom is -0.496 e. The Kier molecular flexibility index (Phi) is 9.59. The molecule has 0 saturated heterocycles. The van der Waals surface area contributed by atoms with E-state index in [1.54, 1.807) is 37.6 Å². The number of fused-ring (bicyclic) bond motifs is 1. The molecular weight excluding hydrogens is 514 g/mol. The number of hydrogen-bond acceptors (Lipinski definition) is 5. The normalized spacial score (nSPS) is 11.3. The lowest BCUT2D eigenvalue weighted by molar-refractivity contribution is 0.0232. The number of hydrogen-bond donors (Lipinski definition) is 0. The zero-order valence-corrected chi connectivity index (χ0v) is 21.0. The van der Waals surface area contributed by atoms with Crippen LogP contribution in [-0.4, -0.2) is 57.7 Å². The zero-order chi connectivity index (χ0) is 25.2. The van der Waals surface area contributed by atoms with Crippen LogP contribution in [0.1, 0.15) is 15.9 Å². The molecule has 0 aliphatic heterocycles. The van der Waals surface area contributed by atoms with Crippen LogP contribution in [0.2, 0.25) is 0 Å². The van der Waals surface area contributed by atoms with Crippen LogP contribution >= 0.6 is 15.9 Å². The number of halogens is 1. The van der Waals surface area contributed by atoms with Crippen molar-refractivity contribution in [1.82, 2.24) is 4.57 Å². The van der Waals surface area contributed by atoms with Gasteiger partial charge in [0.05, 0.1) is 52.2 Å². The lowest BCUT2D eigenvalue weighted by atomic mass is 10.1. The first-order valence-corrected chi connectivity index (χ1v) is 11.4. The first kappa shape index (κ1) is 26.1. The van der Waals surface area contributed by atoms with Gasteiger partial charge in [0.25, 0.3) is 5.91 Å². The number of methoxy groups -OCH3 is 2. The number of nitrogens with zero attached hydrogens (tertiary/aromatic N) is 3. The van der Waals surface area contributed by atoms with Gasteiger partial charge in [-0.1, -0.05) is 22.0 Å². The van der Waals surface area contributed by atoms with E-state index < -0.39 is 0 Å². The maximum Gasteiger partial charge on any atom is 0.257 e. The Balaban J connectivity index is 1.93. The fourth-order valence-corrected chi connectivity index (χ4v) is 3.79. The summed E-state index contributed by atoms with van der Waals surface area (Å²) in [7, 11) is 3.13. The van der Waals surface area contributed by atoms with Crippen molar-refractivity contribution in [3.05, 3.63) is 81.0 Å². The maximum absolute atomic E-state index is 13.0. The average molecular weight is 538 g/mol. The standard InChI is InChI=1S/C26H24BrN3O5/c1-28-20-6-8-25(33-4)18(13-20)14-23(29-2)22-16-30(24-7-5-19(27)15-21(22)24)26(31)17-35-12-11-34-10-9-32-3/h5-8,13-16H,9-12,17H2,3-4H3/b23-14-. The predicted octanol–water partition coefficient (Wildman–Crippen LogP) is 5.70. The van der Waals surface area contributed by atoms with Crippen LogP contribution in [0.3, 0.4) is 0 Å². The average Bonchev–Trinajstić information content (AvgIpc) is 3.25. The molecule has 0 aliphatic carbocycles. The number of aromatic nitrogens is 1. The van der Waals surface area contributed by atoms with Gasteiger partial charge in [0.1, 0.15) is 12.4 Å². The fraction of sp³-hybridized carbons (Fsp3) is 0.269. The molecule has 3 aromatic rings. The van der Waals surface area contributed by atoms with Crippen LogP contribution in [-0.2, 0) is 14.2 Å². The summed E-state index contributed by atoms with van der Waals surface area (Å²) in [5.41, 5.74) is 2.59. The van der Waals surface area contributed by atoms with Crippen molar-refractivity contribution in [2.45, 2.75) is 0 Å². The highest BCUT2D eigenvalue weighted by Crippen LogP contribution is 2.34. The Morgan fingerprint density at radius 3 is 2.54 bits per heavy atom. The summed E-state index contributed by atoms with van der Waals surface area (Å²) in [6, 6.07) is 10.5. The topological polar surface area (TPSA) is 67.6 Å². The van der Waals surface area contributed by atoms with Crippen molar-refractivity contribution >= 4 is 50.2 Å². The van der Waals surface area contributed by atoms with E-state index in [1.807, 2.05) is 18.2 Å². The summed E-state index contributed by atoms with van der Waals surface area (Å²) in [6.45, 7) is 16.6. The lowest BCUT2D eigenvalue weighted by Crippen LogP contribution is -2.18. The summed E-state index contributed by atoms with van der Waals surface area (Å²) in [4.78, 5) is 20.1. The monoisotopic (exact) mass is 537 g/mol. The summed E-state index contributed by atoms with van der Waals surface area (Å²) >= 11 is 3.48. The van der Waals surface area contributed by atoms with Gasteiger partial charge in [-0.25, -0.2) is 9.69 Å². The van der Waals surface area contributed by atoms with E-state index in [-0.39, 0.29) is 19.1 Å². The van der Waals surface area contributed by atoms with E-state index in [4.69, 9.17) is 32.1 Å². The van der Waals surface area contributed by atoms with Crippen molar-refractivity contribution in [3.63, 3.8) is 0 Å². The lowest BCUT2D eigenvalue weighted by Gasteiger charge is -2.07. The number of carbonyl (C=O) groups is 1. The van der Waals surface area contributed by atoms with Crippen LogP contribution < -0.4 is 4.74 Å². The SMILES string of the molecule is [C-]#[N+]/C(=C\c1cc([N+]#[C-])ccc1OC)c1cn(C(=O)COCCOCCOC)c2ccc(Br)cc12. The van der Waals surface area contributed by atoms with Gasteiger partial charge >= 0.3 is 0 Å². The molecule has 0 unspecified atom stereocenters. The fourth-order valence-electron chi connectivity index (χ4n) is 3.43. The van der Waals surface area contributed by atoms with E-state index in [0.717, 1.165) is 9.86 Å². The third kappa shape index (κ3) is 6.56. The van der Waals surface area contributed by atoms with Gasteiger partial charge in [-0.05, 0) is 47.4 Å². The van der Waals surface area contributed by atoms with Crippen molar-refractivity contribution in [1.29, 1.82) is 0 Å². The molecule has 0 N–H and O–H groups in total. The molecule has 0 saturated carbocycles. The highest BCUT2D eigenvalue weighted by molar-refractivity contribution is 9.10. The van der Waals surface area contributed by atoms with Crippen LogP contribution in [0.4, 0.5) is 5.69 Å². The van der Waals surface area contributed by atoms with Gasteiger partial charge in [-0.15, -0.1) is 0 Å². The number of carbonyl (C=O) groups excluding carboxylic acids is 1. The first-order valence-electron chi connectivity index (χ1n) is 10.7. The van der Waals surface area contributed by atoms with Crippen molar-refractivity contribution in [2.24, 2.45) is 0 Å². The number of rotatable bonds is 11. The van der Waals surface area contributed by atoms with Crippen LogP contribution in [0.5, 0.6) is 5.75 Å². The molecule has 9 heteroatoms. The Hall–Kier alpha value is -3.47. The van der Waals surface area contributed by atoms with Gasteiger partial charge in [0, 0.05) is 23.3 Å². The zero-order valence-electron chi connectivity index (χ0n) is 19.4. The van der Waals surface area contributed by atoms with Crippen LogP contribution in [0.25, 0.3) is 32.4 Å². The molecule has 0 bridgehead atoms. The van der Waals surface area contributed by atoms with Crippen molar-refractivity contribution in [3.8, 4) is 5.75 Å². The summed E-state index contributed by atoms with van der Waals surface area (Å²) < 4.78 is 23.5. The molecule has 0 fully saturated rings. The van der Waals surface area contributed by atoms with Crippen LogP contribution in [0, 0.1) is 13.1 Å². The second-order valence-electron chi connectivity index (χ2n) is 7.31. The van der Waals surface area contributed by atoms with E-state index in [2.05, 4.69) is 25.6 Å². The van der Waals surface area contributed by atoms with Gasteiger partial charge in [-0.3, -0.25) is 9.36 Å². The predicted molar refractivity (Wildman–Crippen MR) is 138 cm³/mol. The minimum absolute atomic E-state index is 0.134. The molecule has 3 rings (SSSR count). The van der Waals surface area contributed by atoms with Gasteiger partial charge in [0.15, 0.2) is 11.4 Å². The summed E-state index contributed by atoms with van der Waals surface area (Å²) in [6.07, 6.45) is 3.31. The third-order valence-corrected chi connectivity index (χ3v) is 5.59. The van der Waals surface area contributed by atoms with Crippen LogP contribution in [0.15, 0.2) is 47.1 Å². The highest BCUT2D eigenvalue weighted by Gasteiger charge is 2.18. The van der Waals surface area contributed by atoms with E-state index in [0.29, 0.717) is 53.6 Å². The molecule has 0 spiro atoms. The molecule has 0 aliphatic rings. The second kappa shape index (κ2) is 12.8. The second-order valence-corrected chi connectivity index (χ2v) is 8.22. The van der Waals surface area contributed by atoms with E-state index >= 15 is 0 Å². The molecule has 8 nitrogen and oxygen atoms in total. The molecule has 2 aromatic carbocycles. The van der Waals surface area contributed by atoms with Crippen molar-refractivity contribution in [2.75, 3.05) is 47.3 Å². The highest BCUT2D eigenvalue weighted by atomic mass is 79.9. The van der Waals surface area contributed by atoms with E-state index in [1.165, 1.54) is 11.7 Å². The molecule has 0 radical (unpaired) electrons. The van der Waals surface area contributed by atoms with Gasteiger partial charge in [0.2, 0.25) is 0 Å². The Morgan fingerprint density at radius 2 is 1.83 bits per heavy atom. The van der Waals surface area contributed by atoms with E-state index in [9.17, 15) is 4.79 Å². The third-order valence-electron chi connectivity index (χ3n) is 5.10. The number of benzene rings is 2. The van der Waals surface area contributed by atoms with Gasteiger partial charge in [-0.2, -0.15) is 0 Å². The summed E-state index contributed by atoms with van der Waals surface area (Å²) in [5, 5.41) is 0.734. The Labute approximate surface area is 212 Å². The molecule has 0 atom stereocenters.